The van der Waals surface area contributed by atoms with Gasteiger partial charge in [-0.2, -0.15) is 0 Å². The number of rotatable bonds is 1. The number of benzene rings is 2. The highest BCUT2D eigenvalue weighted by Crippen LogP contribution is 2.37. The van der Waals surface area contributed by atoms with E-state index < -0.39 is 0 Å². The van der Waals surface area contributed by atoms with Crippen molar-refractivity contribution in [1.82, 2.24) is 0 Å². The number of nitrogen functional groups attached to an aromatic ring is 1. The molecule has 1 aliphatic rings. The van der Waals surface area contributed by atoms with Crippen LogP contribution < -0.4 is 10.6 Å². The second kappa shape index (κ2) is 4.57. The van der Waals surface area contributed by atoms with Crippen LogP contribution in [0.15, 0.2) is 42.5 Å². The molecular weight excluding hydrogens is 239 g/mol. The van der Waals surface area contributed by atoms with E-state index in [1.54, 1.807) is 6.07 Å². The van der Waals surface area contributed by atoms with Crippen molar-refractivity contribution in [2.75, 3.05) is 17.2 Å². The maximum Gasteiger partial charge on any atom is 0.125 e. The van der Waals surface area contributed by atoms with Crippen LogP contribution >= 0.6 is 0 Å². The summed E-state index contributed by atoms with van der Waals surface area (Å²) < 4.78 is 13.5. The van der Waals surface area contributed by atoms with E-state index >= 15 is 0 Å². The van der Waals surface area contributed by atoms with Crippen molar-refractivity contribution < 1.29 is 4.39 Å². The van der Waals surface area contributed by atoms with E-state index in [2.05, 4.69) is 24.0 Å². The Balaban J connectivity index is 2.12. The Bertz CT molecular complexity index is 609. The van der Waals surface area contributed by atoms with Crippen LogP contribution in [0.25, 0.3) is 0 Å². The quantitative estimate of drug-likeness (QED) is 0.788. The van der Waals surface area contributed by atoms with Gasteiger partial charge in [-0.05, 0) is 42.2 Å². The Morgan fingerprint density at radius 3 is 2.79 bits per heavy atom. The summed E-state index contributed by atoms with van der Waals surface area (Å²) in [4.78, 5) is 2.13. The van der Waals surface area contributed by atoms with E-state index in [1.165, 1.54) is 17.7 Å². The summed E-state index contributed by atoms with van der Waals surface area (Å²) in [5, 5.41) is 0. The van der Waals surface area contributed by atoms with E-state index in [-0.39, 0.29) is 5.82 Å². The van der Waals surface area contributed by atoms with E-state index in [0.29, 0.717) is 11.6 Å². The van der Waals surface area contributed by atoms with E-state index in [4.69, 9.17) is 5.73 Å². The molecule has 1 heterocycles. The van der Waals surface area contributed by atoms with Gasteiger partial charge in [0.05, 0.1) is 11.4 Å². The van der Waals surface area contributed by atoms with Gasteiger partial charge in [-0.25, -0.2) is 4.39 Å². The van der Waals surface area contributed by atoms with Crippen LogP contribution in [0.5, 0.6) is 0 Å². The molecule has 0 saturated carbocycles. The SMILES string of the molecule is CC1Cc2ccccc2N(c2cc(F)ccc2N)C1. The number of hydrogen-bond donors (Lipinski definition) is 1. The molecule has 0 aliphatic carbocycles. The first kappa shape index (κ1) is 12.0. The average Bonchev–Trinajstić information content (AvgIpc) is 2.40. The van der Waals surface area contributed by atoms with Crippen LogP contribution in [0.3, 0.4) is 0 Å². The van der Waals surface area contributed by atoms with Crippen LogP contribution in [0, 0.1) is 11.7 Å². The molecule has 0 amide bonds. The second-order valence-electron chi connectivity index (χ2n) is 5.25. The van der Waals surface area contributed by atoms with Crippen LogP contribution in [-0.2, 0) is 6.42 Å². The van der Waals surface area contributed by atoms with Crippen LogP contribution in [0.2, 0.25) is 0 Å². The summed E-state index contributed by atoms with van der Waals surface area (Å²) in [6.07, 6.45) is 1.06. The first-order valence-electron chi connectivity index (χ1n) is 6.55. The van der Waals surface area contributed by atoms with Crippen molar-refractivity contribution in [1.29, 1.82) is 0 Å². The first-order valence-corrected chi connectivity index (χ1v) is 6.55. The van der Waals surface area contributed by atoms with Crippen LogP contribution in [0.4, 0.5) is 21.5 Å². The molecule has 0 fully saturated rings. The molecule has 1 aliphatic heterocycles. The standard InChI is InChI=1S/C16H17FN2/c1-11-8-12-4-2-3-5-15(12)19(10-11)16-9-13(17)6-7-14(16)18/h2-7,9,11H,8,10,18H2,1H3. The van der Waals surface area contributed by atoms with E-state index in [9.17, 15) is 4.39 Å². The largest absolute Gasteiger partial charge is 0.397 e. The number of nitrogens with two attached hydrogens (primary N) is 1. The van der Waals surface area contributed by atoms with Gasteiger partial charge >= 0.3 is 0 Å². The maximum absolute atomic E-state index is 13.5. The van der Waals surface area contributed by atoms with Crippen molar-refractivity contribution >= 4 is 17.1 Å². The van der Waals surface area contributed by atoms with Gasteiger partial charge in [-0.1, -0.05) is 25.1 Å². The third-order valence-electron chi connectivity index (χ3n) is 3.63. The monoisotopic (exact) mass is 256 g/mol. The molecule has 1 unspecified atom stereocenters. The smallest absolute Gasteiger partial charge is 0.125 e. The van der Waals surface area contributed by atoms with E-state index in [1.807, 2.05) is 12.1 Å². The van der Waals surface area contributed by atoms with Gasteiger partial charge in [0, 0.05) is 12.2 Å². The molecule has 19 heavy (non-hydrogen) atoms. The Morgan fingerprint density at radius 2 is 1.95 bits per heavy atom. The van der Waals surface area contributed by atoms with Crippen LogP contribution in [-0.4, -0.2) is 6.54 Å². The number of halogens is 1. The highest BCUT2D eigenvalue weighted by atomic mass is 19.1. The molecule has 3 rings (SSSR count). The normalized spacial score (nSPS) is 18.2. The zero-order valence-corrected chi connectivity index (χ0v) is 10.9. The Kier molecular flexibility index (Phi) is 2.90. The number of anilines is 3. The lowest BCUT2D eigenvalue weighted by Crippen LogP contribution is -2.30. The fourth-order valence-corrected chi connectivity index (χ4v) is 2.78. The minimum Gasteiger partial charge on any atom is -0.397 e. The number of hydrogen-bond acceptors (Lipinski definition) is 2. The molecule has 2 N–H and O–H groups in total. The predicted octanol–water partition coefficient (Wildman–Crippen LogP) is 3.74. The molecule has 2 nitrogen and oxygen atoms in total. The van der Waals surface area contributed by atoms with Gasteiger partial charge in [0.2, 0.25) is 0 Å². The molecule has 1 atom stereocenters. The summed E-state index contributed by atoms with van der Waals surface area (Å²) in [6, 6.07) is 12.8. The summed E-state index contributed by atoms with van der Waals surface area (Å²) >= 11 is 0. The van der Waals surface area contributed by atoms with Gasteiger partial charge < -0.3 is 10.6 Å². The zero-order chi connectivity index (χ0) is 13.4. The molecule has 0 spiro atoms. The Labute approximate surface area is 112 Å². The zero-order valence-electron chi connectivity index (χ0n) is 10.9. The predicted molar refractivity (Wildman–Crippen MR) is 77.1 cm³/mol. The molecule has 2 aromatic carbocycles. The van der Waals surface area contributed by atoms with Gasteiger partial charge in [0.15, 0.2) is 0 Å². The lowest BCUT2D eigenvalue weighted by Gasteiger charge is -2.35. The molecular formula is C16H17FN2. The topological polar surface area (TPSA) is 29.3 Å². The average molecular weight is 256 g/mol. The third kappa shape index (κ3) is 2.16. The van der Waals surface area contributed by atoms with Gasteiger partial charge in [0.1, 0.15) is 5.82 Å². The van der Waals surface area contributed by atoms with Gasteiger partial charge in [0.25, 0.3) is 0 Å². The molecule has 0 bridgehead atoms. The minimum atomic E-state index is -0.250. The van der Waals surface area contributed by atoms with Crippen LogP contribution in [0.1, 0.15) is 12.5 Å². The van der Waals surface area contributed by atoms with Gasteiger partial charge in [-0.3, -0.25) is 0 Å². The van der Waals surface area contributed by atoms with E-state index in [0.717, 1.165) is 24.3 Å². The first-order chi connectivity index (χ1) is 9.15. The summed E-state index contributed by atoms with van der Waals surface area (Å²) in [5.74, 6) is 0.275. The highest BCUT2D eigenvalue weighted by molar-refractivity contribution is 5.77. The Hall–Kier alpha value is -2.03. The molecule has 0 radical (unpaired) electrons. The summed E-state index contributed by atoms with van der Waals surface area (Å²) in [6.45, 7) is 3.07. The Morgan fingerprint density at radius 1 is 1.16 bits per heavy atom. The lowest BCUT2D eigenvalue weighted by molar-refractivity contribution is 0.561. The minimum absolute atomic E-state index is 0.250. The molecule has 0 saturated heterocycles. The van der Waals surface area contributed by atoms with Crippen molar-refractivity contribution in [2.24, 2.45) is 5.92 Å². The van der Waals surface area contributed by atoms with Gasteiger partial charge in [-0.15, -0.1) is 0 Å². The van der Waals surface area contributed by atoms with Crippen molar-refractivity contribution in [3.63, 3.8) is 0 Å². The van der Waals surface area contributed by atoms with Crippen molar-refractivity contribution in [2.45, 2.75) is 13.3 Å². The molecule has 2 aromatic rings. The number of nitrogens with zero attached hydrogens (tertiary/aromatic N) is 1. The van der Waals surface area contributed by atoms with Crippen molar-refractivity contribution in [3.8, 4) is 0 Å². The van der Waals surface area contributed by atoms with Crippen molar-refractivity contribution in [3.05, 3.63) is 53.8 Å². The summed E-state index contributed by atoms with van der Waals surface area (Å²) in [7, 11) is 0. The number of para-hydroxylation sites is 1. The molecule has 0 aromatic heterocycles. The fourth-order valence-electron chi connectivity index (χ4n) is 2.78. The fraction of sp³-hybridized carbons (Fsp3) is 0.250. The highest BCUT2D eigenvalue weighted by Gasteiger charge is 2.23. The second-order valence-corrected chi connectivity index (χ2v) is 5.25. The maximum atomic E-state index is 13.5. The molecule has 98 valence electrons. The number of fused-ring (bicyclic) bond motifs is 1. The lowest BCUT2D eigenvalue weighted by atomic mass is 9.93. The molecule has 3 heteroatoms. The third-order valence-corrected chi connectivity index (χ3v) is 3.63. The summed E-state index contributed by atoms with van der Waals surface area (Å²) in [5.41, 5.74) is 9.83.